The number of benzene rings is 1. The maximum Gasteiger partial charge on any atom is 0.0189 e. The second-order valence-corrected chi connectivity index (χ2v) is 5.52. The first-order chi connectivity index (χ1) is 6.58. The normalized spacial score (nSPS) is 10.9. The van der Waals surface area contributed by atoms with Crippen LogP contribution in [-0.2, 0) is 6.42 Å². The van der Waals surface area contributed by atoms with Crippen LogP contribution >= 0.6 is 31.9 Å². The molecule has 0 aliphatic carbocycles. The van der Waals surface area contributed by atoms with E-state index < -0.39 is 0 Å². The summed E-state index contributed by atoms with van der Waals surface area (Å²) in [4.78, 5) is 2.22. The molecule has 0 atom stereocenters. The lowest BCUT2D eigenvalue weighted by molar-refractivity contribution is 0.400. The fourth-order valence-corrected chi connectivity index (χ4v) is 2.74. The van der Waals surface area contributed by atoms with Crippen LogP contribution in [0.1, 0.15) is 12.0 Å². The number of aryl methyl sites for hydroxylation is 1. The Balaban J connectivity index is 2.50. The first-order valence-electron chi connectivity index (χ1n) is 4.67. The summed E-state index contributed by atoms with van der Waals surface area (Å²) < 4.78 is 2.29. The average molecular weight is 321 g/mol. The molecule has 0 amide bonds. The van der Waals surface area contributed by atoms with Gasteiger partial charge in [-0.05, 0) is 57.2 Å². The fourth-order valence-electron chi connectivity index (χ4n) is 1.35. The first kappa shape index (κ1) is 12.2. The Morgan fingerprint density at radius 2 is 1.64 bits per heavy atom. The molecule has 1 aromatic rings. The zero-order valence-corrected chi connectivity index (χ0v) is 11.7. The van der Waals surface area contributed by atoms with Gasteiger partial charge in [0.25, 0.3) is 0 Å². The van der Waals surface area contributed by atoms with Crippen LogP contribution < -0.4 is 0 Å². The quantitative estimate of drug-likeness (QED) is 0.817. The minimum atomic E-state index is 1.14. The molecule has 0 unspecified atom stereocenters. The van der Waals surface area contributed by atoms with Crippen LogP contribution in [0.4, 0.5) is 0 Å². The van der Waals surface area contributed by atoms with E-state index in [1.54, 1.807) is 0 Å². The highest BCUT2D eigenvalue weighted by Gasteiger charge is 1.98. The van der Waals surface area contributed by atoms with Crippen LogP contribution in [-0.4, -0.2) is 25.5 Å². The van der Waals surface area contributed by atoms with Crippen LogP contribution in [0.3, 0.4) is 0 Å². The molecule has 78 valence electrons. The summed E-state index contributed by atoms with van der Waals surface area (Å²) in [6.45, 7) is 1.14. The van der Waals surface area contributed by atoms with Gasteiger partial charge >= 0.3 is 0 Å². The van der Waals surface area contributed by atoms with E-state index >= 15 is 0 Å². The SMILES string of the molecule is CN(C)CCCc1cc(Br)cc(Br)c1. The summed E-state index contributed by atoms with van der Waals surface area (Å²) in [5.74, 6) is 0. The number of halogens is 2. The van der Waals surface area contributed by atoms with Crippen molar-refractivity contribution < 1.29 is 0 Å². The molecular formula is C11H15Br2N. The maximum atomic E-state index is 3.49. The lowest BCUT2D eigenvalue weighted by Crippen LogP contribution is -2.13. The van der Waals surface area contributed by atoms with Gasteiger partial charge in [0.15, 0.2) is 0 Å². The summed E-state index contributed by atoms with van der Waals surface area (Å²) in [5.41, 5.74) is 1.38. The van der Waals surface area contributed by atoms with Gasteiger partial charge in [0.1, 0.15) is 0 Å². The third-order valence-corrected chi connectivity index (χ3v) is 2.91. The molecule has 0 aliphatic heterocycles. The maximum absolute atomic E-state index is 3.49. The van der Waals surface area contributed by atoms with Gasteiger partial charge in [-0.25, -0.2) is 0 Å². The Kier molecular flexibility index (Phi) is 5.13. The van der Waals surface area contributed by atoms with Crippen LogP contribution in [0.15, 0.2) is 27.1 Å². The Labute approximate surface area is 103 Å². The molecule has 0 aromatic heterocycles. The van der Waals surface area contributed by atoms with Gasteiger partial charge in [0.2, 0.25) is 0 Å². The van der Waals surface area contributed by atoms with Crippen molar-refractivity contribution in [1.82, 2.24) is 4.90 Å². The summed E-state index contributed by atoms with van der Waals surface area (Å²) >= 11 is 6.99. The number of hydrogen-bond donors (Lipinski definition) is 0. The van der Waals surface area contributed by atoms with Gasteiger partial charge in [0, 0.05) is 8.95 Å². The second kappa shape index (κ2) is 5.89. The minimum absolute atomic E-state index is 1.14. The molecule has 0 saturated carbocycles. The highest BCUT2D eigenvalue weighted by Crippen LogP contribution is 2.20. The van der Waals surface area contributed by atoms with E-state index in [9.17, 15) is 0 Å². The smallest absolute Gasteiger partial charge is 0.0189 e. The van der Waals surface area contributed by atoms with Crippen LogP contribution in [0.2, 0.25) is 0 Å². The average Bonchev–Trinajstić information content (AvgIpc) is 2.01. The van der Waals surface area contributed by atoms with E-state index in [-0.39, 0.29) is 0 Å². The second-order valence-electron chi connectivity index (χ2n) is 3.68. The van der Waals surface area contributed by atoms with Crippen molar-refractivity contribution in [3.63, 3.8) is 0 Å². The Bertz CT molecular complexity index is 277. The summed E-state index contributed by atoms with van der Waals surface area (Å²) in [6, 6.07) is 6.43. The van der Waals surface area contributed by atoms with E-state index in [4.69, 9.17) is 0 Å². The topological polar surface area (TPSA) is 3.24 Å². The molecule has 1 nitrogen and oxygen atoms in total. The standard InChI is InChI=1S/C11H15Br2N/c1-14(2)5-3-4-9-6-10(12)8-11(13)7-9/h6-8H,3-5H2,1-2H3. The van der Waals surface area contributed by atoms with Crippen molar-refractivity contribution in [2.45, 2.75) is 12.8 Å². The molecule has 0 heterocycles. The van der Waals surface area contributed by atoms with Crippen molar-refractivity contribution in [2.75, 3.05) is 20.6 Å². The zero-order valence-electron chi connectivity index (χ0n) is 8.56. The molecule has 3 heteroatoms. The van der Waals surface area contributed by atoms with Crippen LogP contribution in [0.25, 0.3) is 0 Å². The molecule has 0 saturated heterocycles. The number of hydrogen-bond acceptors (Lipinski definition) is 1. The van der Waals surface area contributed by atoms with Gasteiger partial charge in [-0.3, -0.25) is 0 Å². The highest BCUT2D eigenvalue weighted by molar-refractivity contribution is 9.11. The third kappa shape index (κ3) is 4.58. The molecule has 0 spiro atoms. The van der Waals surface area contributed by atoms with Crippen molar-refractivity contribution in [3.8, 4) is 0 Å². The third-order valence-electron chi connectivity index (χ3n) is 1.99. The van der Waals surface area contributed by atoms with E-state index in [0.29, 0.717) is 0 Å². The lowest BCUT2D eigenvalue weighted by Gasteiger charge is -2.09. The van der Waals surface area contributed by atoms with E-state index in [1.807, 2.05) is 0 Å². The van der Waals surface area contributed by atoms with E-state index in [0.717, 1.165) is 21.9 Å². The summed E-state index contributed by atoms with van der Waals surface area (Å²) in [6.07, 6.45) is 2.34. The zero-order chi connectivity index (χ0) is 10.6. The predicted octanol–water partition coefficient (Wildman–Crippen LogP) is 3.71. The number of nitrogens with zero attached hydrogens (tertiary/aromatic N) is 1. The van der Waals surface area contributed by atoms with Crippen LogP contribution in [0.5, 0.6) is 0 Å². The molecule has 0 N–H and O–H groups in total. The summed E-state index contributed by atoms with van der Waals surface area (Å²) in [5, 5.41) is 0. The minimum Gasteiger partial charge on any atom is -0.309 e. The van der Waals surface area contributed by atoms with Crippen molar-refractivity contribution in [2.24, 2.45) is 0 Å². The van der Waals surface area contributed by atoms with Crippen molar-refractivity contribution >= 4 is 31.9 Å². The molecular weight excluding hydrogens is 306 g/mol. The Hall–Kier alpha value is 0.140. The van der Waals surface area contributed by atoms with Gasteiger partial charge < -0.3 is 4.90 Å². The molecule has 0 bridgehead atoms. The fraction of sp³-hybridized carbons (Fsp3) is 0.455. The monoisotopic (exact) mass is 319 g/mol. The van der Waals surface area contributed by atoms with E-state index in [2.05, 4.69) is 69.1 Å². The molecule has 0 fully saturated rings. The molecule has 14 heavy (non-hydrogen) atoms. The van der Waals surface area contributed by atoms with Crippen molar-refractivity contribution in [3.05, 3.63) is 32.7 Å². The first-order valence-corrected chi connectivity index (χ1v) is 6.26. The predicted molar refractivity (Wildman–Crippen MR) is 68.7 cm³/mol. The number of rotatable bonds is 4. The largest absolute Gasteiger partial charge is 0.309 e. The summed E-state index contributed by atoms with van der Waals surface area (Å²) in [7, 11) is 4.22. The Morgan fingerprint density at radius 3 is 2.14 bits per heavy atom. The lowest BCUT2D eigenvalue weighted by atomic mass is 10.1. The Morgan fingerprint density at radius 1 is 1.07 bits per heavy atom. The van der Waals surface area contributed by atoms with Gasteiger partial charge in [-0.15, -0.1) is 0 Å². The van der Waals surface area contributed by atoms with Gasteiger partial charge in [-0.1, -0.05) is 31.9 Å². The molecule has 0 aliphatic rings. The van der Waals surface area contributed by atoms with Crippen molar-refractivity contribution in [1.29, 1.82) is 0 Å². The molecule has 1 rings (SSSR count). The van der Waals surface area contributed by atoms with Crippen LogP contribution in [0, 0.1) is 0 Å². The molecule has 0 radical (unpaired) electrons. The molecule has 1 aromatic carbocycles. The van der Waals surface area contributed by atoms with Gasteiger partial charge in [0.05, 0.1) is 0 Å². The highest BCUT2D eigenvalue weighted by atomic mass is 79.9. The van der Waals surface area contributed by atoms with Gasteiger partial charge in [-0.2, -0.15) is 0 Å². The van der Waals surface area contributed by atoms with E-state index in [1.165, 1.54) is 12.0 Å².